The van der Waals surface area contributed by atoms with Crippen LogP contribution in [0, 0.1) is 20.2 Å². The summed E-state index contributed by atoms with van der Waals surface area (Å²) in [7, 11) is 0. The molecule has 0 spiro atoms. The van der Waals surface area contributed by atoms with Gasteiger partial charge in [-0.2, -0.15) is 0 Å². The third-order valence-electron chi connectivity index (χ3n) is 4.43. The highest BCUT2D eigenvalue weighted by molar-refractivity contribution is 5.86. The number of carbonyl (C=O) groups is 4. The molecule has 0 aliphatic rings. The highest BCUT2D eigenvalue weighted by Gasteiger charge is 2.29. The number of aliphatic hydroxyl groups is 1. The molecule has 3 unspecified atom stereocenters. The maximum absolute atomic E-state index is 12.0. The summed E-state index contributed by atoms with van der Waals surface area (Å²) in [5.74, 6) is -4.71. The number of carbonyl (C=O) groups excluding carboxylic acids is 4. The zero-order valence-corrected chi connectivity index (χ0v) is 19.3. The van der Waals surface area contributed by atoms with Crippen molar-refractivity contribution in [1.82, 2.24) is 0 Å². The molecule has 0 amide bonds. The number of esters is 4. The number of nitro groups is 2. The van der Waals surface area contributed by atoms with E-state index in [4.69, 9.17) is 18.9 Å². The van der Waals surface area contributed by atoms with Crippen molar-refractivity contribution in [3.05, 3.63) is 68.8 Å². The number of nitro benzene ring substituents is 2. The number of hydrogen-bond donors (Lipinski definition) is 1. The van der Waals surface area contributed by atoms with Crippen molar-refractivity contribution in [2.75, 3.05) is 0 Å². The Balaban J connectivity index is 1.80. The monoisotopic (exact) mass is 520 g/mol. The largest absolute Gasteiger partial charge is 0.451 e. The first kappa shape index (κ1) is 28.3. The van der Waals surface area contributed by atoms with E-state index in [1.165, 1.54) is 0 Å². The van der Waals surface area contributed by atoms with Crippen molar-refractivity contribution in [2.45, 2.75) is 38.6 Å². The predicted octanol–water partition coefficient (Wildman–Crippen LogP) is 1.63. The highest BCUT2D eigenvalue weighted by Crippen LogP contribution is 2.19. The fourth-order valence-electron chi connectivity index (χ4n) is 2.51. The van der Waals surface area contributed by atoms with Gasteiger partial charge in [0.15, 0.2) is 18.3 Å². The van der Waals surface area contributed by atoms with Crippen LogP contribution in [0.3, 0.4) is 0 Å². The number of aliphatic hydroxyl groups excluding tert-OH is 1. The van der Waals surface area contributed by atoms with Gasteiger partial charge in [0.2, 0.25) is 0 Å². The van der Waals surface area contributed by atoms with E-state index in [1.54, 1.807) is 0 Å². The molecule has 0 aromatic heterocycles. The van der Waals surface area contributed by atoms with Crippen LogP contribution in [0.2, 0.25) is 0 Å². The molecule has 0 bridgehead atoms. The van der Waals surface area contributed by atoms with Gasteiger partial charge in [-0.15, -0.1) is 0 Å². The lowest BCUT2D eigenvalue weighted by molar-refractivity contribution is -0.385. The Kier molecular flexibility index (Phi) is 9.71. The van der Waals surface area contributed by atoms with Crippen LogP contribution in [0.1, 0.15) is 20.3 Å². The molecule has 1 N–H and O–H groups in total. The van der Waals surface area contributed by atoms with Crippen molar-refractivity contribution in [3.63, 3.8) is 0 Å². The fraction of sp³-hybridized carbons (Fsp3) is 0.273. The molecule has 0 fully saturated rings. The minimum Gasteiger partial charge on any atom is -0.451 e. The summed E-state index contributed by atoms with van der Waals surface area (Å²) >= 11 is 0. The van der Waals surface area contributed by atoms with Gasteiger partial charge in [0.05, 0.1) is 16.3 Å². The van der Waals surface area contributed by atoms with Gasteiger partial charge in [-0.1, -0.05) is 0 Å². The van der Waals surface area contributed by atoms with Gasteiger partial charge in [0.1, 0.15) is 11.5 Å². The van der Waals surface area contributed by atoms with Gasteiger partial charge in [-0.05, 0) is 38.1 Å². The number of benzene rings is 2. The molecule has 15 nitrogen and oxygen atoms in total. The first-order chi connectivity index (χ1) is 17.4. The van der Waals surface area contributed by atoms with Crippen LogP contribution >= 0.6 is 0 Å². The predicted molar refractivity (Wildman–Crippen MR) is 119 cm³/mol. The molecule has 0 aliphatic carbocycles. The first-order valence-corrected chi connectivity index (χ1v) is 10.4. The number of nitrogens with zero attached hydrogens (tertiary/aromatic N) is 2. The number of non-ortho nitro benzene ring substituents is 2. The van der Waals surface area contributed by atoms with Crippen LogP contribution in [0.5, 0.6) is 11.5 Å². The van der Waals surface area contributed by atoms with Crippen LogP contribution in [0.4, 0.5) is 11.4 Å². The molecule has 0 saturated carbocycles. The molecule has 37 heavy (non-hydrogen) atoms. The smallest absolute Gasteiger partial charge is 0.352 e. The van der Waals surface area contributed by atoms with E-state index in [9.17, 15) is 44.5 Å². The molecule has 2 aromatic carbocycles. The van der Waals surface area contributed by atoms with E-state index in [0.29, 0.717) is 0 Å². The summed E-state index contributed by atoms with van der Waals surface area (Å²) in [6.07, 6.45) is -5.93. The normalized spacial score (nSPS) is 12.8. The summed E-state index contributed by atoms with van der Waals surface area (Å²) in [5, 5.41) is 31.2. The average molecular weight is 520 g/mol. The summed E-state index contributed by atoms with van der Waals surface area (Å²) in [6, 6.07) is 9.03. The number of ether oxygens (including phenoxy) is 4. The number of hydrogen-bond acceptors (Lipinski definition) is 13. The van der Waals surface area contributed by atoms with Gasteiger partial charge < -0.3 is 24.1 Å². The summed E-state index contributed by atoms with van der Waals surface area (Å²) in [5.41, 5.74) is -0.461. The molecule has 0 saturated heterocycles. The Hall–Kier alpha value is -4.92. The number of rotatable bonds is 11. The van der Waals surface area contributed by atoms with Crippen LogP contribution in [-0.4, -0.2) is 57.1 Å². The molecule has 196 valence electrons. The molecule has 2 rings (SSSR count). The lowest BCUT2D eigenvalue weighted by Crippen LogP contribution is -2.35. The lowest BCUT2D eigenvalue weighted by atomic mass is 10.2. The summed E-state index contributed by atoms with van der Waals surface area (Å²) in [4.78, 5) is 68.0. The van der Waals surface area contributed by atoms with Gasteiger partial charge in [0, 0.05) is 24.3 Å². The second-order valence-electron chi connectivity index (χ2n) is 7.28. The van der Waals surface area contributed by atoms with Crippen LogP contribution in [-0.2, 0) is 28.7 Å². The van der Waals surface area contributed by atoms with Crippen molar-refractivity contribution >= 4 is 35.3 Å². The molecule has 0 aliphatic heterocycles. The van der Waals surface area contributed by atoms with Gasteiger partial charge in [-0.3, -0.25) is 25.0 Å². The van der Waals surface area contributed by atoms with Gasteiger partial charge in [-0.25, -0.2) is 14.4 Å². The van der Waals surface area contributed by atoms with Crippen LogP contribution in [0.15, 0.2) is 48.5 Å². The fourth-order valence-corrected chi connectivity index (χ4v) is 2.51. The minimum absolute atomic E-state index is 0.0447. The molecular formula is C22H20N2O13. The minimum atomic E-state index is -2.04. The zero-order valence-electron chi connectivity index (χ0n) is 19.3. The Morgan fingerprint density at radius 1 is 0.730 bits per heavy atom. The summed E-state index contributed by atoms with van der Waals surface area (Å²) in [6.45, 7) is 2.29. The third-order valence-corrected chi connectivity index (χ3v) is 4.43. The summed E-state index contributed by atoms with van der Waals surface area (Å²) < 4.78 is 19.4. The van der Waals surface area contributed by atoms with Crippen LogP contribution < -0.4 is 9.47 Å². The van der Waals surface area contributed by atoms with Crippen molar-refractivity contribution < 1.29 is 53.1 Å². The molecule has 0 radical (unpaired) electrons. The maximum atomic E-state index is 12.0. The molecule has 0 heterocycles. The SMILES string of the molecule is CC(OC(=O)CC(O)C(=O)OC(C)C(=O)Oc1ccc([N+](=O)[O-])cc1)C(=O)Oc1ccc([N+](=O)[O-])cc1. The van der Waals surface area contributed by atoms with Gasteiger partial charge >= 0.3 is 23.9 Å². The van der Waals surface area contributed by atoms with Crippen molar-refractivity contribution in [2.24, 2.45) is 0 Å². The second-order valence-corrected chi connectivity index (χ2v) is 7.28. The van der Waals surface area contributed by atoms with E-state index in [2.05, 4.69) is 0 Å². The van der Waals surface area contributed by atoms with E-state index >= 15 is 0 Å². The highest BCUT2D eigenvalue weighted by atomic mass is 16.6. The maximum Gasteiger partial charge on any atom is 0.352 e. The Morgan fingerprint density at radius 2 is 1.11 bits per heavy atom. The zero-order chi connectivity index (χ0) is 27.7. The Labute approximate surface area is 207 Å². The standard InChI is InChI=1S/C22H20N2O13/c1-12(20(27)36-16-7-3-14(4-8-16)23(30)31)34-19(26)11-18(25)22(29)35-13(2)21(28)37-17-9-5-15(6-10-17)24(32)33/h3-10,12-13,18,25H,11H2,1-2H3. The molecule has 3 atom stereocenters. The first-order valence-electron chi connectivity index (χ1n) is 10.4. The average Bonchev–Trinajstić information content (AvgIpc) is 2.84. The van der Waals surface area contributed by atoms with Gasteiger partial charge in [0.25, 0.3) is 11.4 Å². The molecule has 2 aromatic rings. The Bertz CT molecular complexity index is 1180. The second kappa shape index (κ2) is 12.7. The lowest BCUT2D eigenvalue weighted by Gasteiger charge is -2.16. The third kappa shape index (κ3) is 8.66. The van der Waals surface area contributed by atoms with Crippen LogP contribution in [0.25, 0.3) is 0 Å². The van der Waals surface area contributed by atoms with E-state index in [1.807, 2.05) is 0 Å². The topological polar surface area (TPSA) is 212 Å². The van der Waals surface area contributed by atoms with E-state index in [0.717, 1.165) is 62.4 Å². The Morgan fingerprint density at radius 3 is 1.49 bits per heavy atom. The molecular weight excluding hydrogens is 500 g/mol. The van der Waals surface area contributed by atoms with Crippen molar-refractivity contribution in [3.8, 4) is 11.5 Å². The van der Waals surface area contributed by atoms with E-state index in [-0.39, 0.29) is 22.9 Å². The van der Waals surface area contributed by atoms with Crippen molar-refractivity contribution in [1.29, 1.82) is 0 Å². The quantitative estimate of drug-likeness (QED) is 0.193. The molecule has 15 heteroatoms. The van der Waals surface area contributed by atoms with E-state index < -0.39 is 58.5 Å².